The van der Waals surface area contributed by atoms with Crippen molar-refractivity contribution < 1.29 is 9.18 Å². The molecule has 3 nitrogen and oxygen atoms in total. The quantitative estimate of drug-likeness (QED) is 0.831. The molecule has 114 valence electrons. The van der Waals surface area contributed by atoms with Crippen LogP contribution >= 0.6 is 15.9 Å². The standard InChI is InChI=1S/C17H16BrFN2O/c1-11-8-20-3-2-12(11)9-21-10-14(6-17(21)22)13-4-15(18)7-16(19)5-13/h2-5,7-8,14H,6,9-10H2,1H3/t14-/m1/s1. The minimum absolute atomic E-state index is 0.0432. The molecule has 0 saturated carbocycles. The van der Waals surface area contributed by atoms with E-state index in [4.69, 9.17) is 0 Å². The molecule has 0 radical (unpaired) electrons. The molecule has 1 amide bonds. The van der Waals surface area contributed by atoms with Gasteiger partial charge in [0.15, 0.2) is 0 Å². The molecule has 0 spiro atoms. The van der Waals surface area contributed by atoms with Crippen LogP contribution in [0.1, 0.15) is 29.0 Å². The fourth-order valence-electron chi connectivity index (χ4n) is 2.84. The van der Waals surface area contributed by atoms with Gasteiger partial charge in [0.05, 0.1) is 0 Å². The highest BCUT2D eigenvalue weighted by molar-refractivity contribution is 9.10. The molecular formula is C17H16BrFN2O. The normalized spacial score (nSPS) is 18.0. The van der Waals surface area contributed by atoms with Gasteiger partial charge in [0.25, 0.3) is 0 Å². The molecule has 1 aliphatic rings. The zero-order chi connectivity index (χ0) is 15.7. The average molecular weight is 363 g/mol. The predicted molar refractivity (Wildman–Crippen MR) is 85.8 cm³/mol. The molecule has 2 heterocycles. The summed E-state index contributed by atoms with van der Waals surface area (Å²) in [5.74, 6) is -0.122. The number of carbonyl (C=O) groups excluding carboxylic acids is 1. The van der Waals surface area contributed by atoms with Crippen molar-refractivity contribution in [2.24, 2.45) is 0 Å². The summed E-state index contributed by atoms with van der Waals surface area (Å²) >= 11 is 3.31. The molecule has 0 bridgehead atoms. The van der Waals surface area contributed by atoms with Gasteiger partial charge in [-0.15, -0.1) is 0 Å². The molecule has 1 aromatic heterocycles. The number of carbonyl (C=O) groups is 1. The van der Waals surface area contributed by atoms with Crippen LogP contribution in [0.4, 0.5) is 4.39 Å². The van der Waals surface area contributed by atoms with Gasteiger partial charge < -0.3 is 4.90 Å². The van der Waals surface area contributed by atoms with Crippen LogP contribution in [-0.4, -0.2) is 22.3 Å². The van der Waals surface area contributed by atoms with Crippen LogP contribution in [0, 0.1) is 12.7 Å². The topological polar surface area (TPSA) is 33.2 Å². The van der Waals surface area contributed by atoms with Gasteiger partial charge in [-0.05, 0) is 47.9 Å². The molecule has 0 N–H and O–H groups in total. The molecule has 1 aromatic carbocycles. The average Bonchev–Trinajstić information content (AvgIpc) is 2.82. The summed E-state index contributed by atoms with van der Waals surface area (Å²) in [6.07, 6.45) is 3.97. The van der Waals surface area contributed by atoms with Crippen molar-refractivity contribution in [3.05, 3.63) is 63.6 Å². The Kier molecular flexibility index (Phi) is 4.25. The molecular weight excluding hydrogens is 347 g/mol. The van der Waals surface area contributed by atoms with E-state index in [1.165, 1.54) is 12.1 Å². The molecule has 1 atom stereocenters. The number of hydrogen-bond acceptors (Lipinski definition) is 2. The first kappa shape index (κ1) is 15.2. The summed E-state index contributed by atoms with van der Waals surface area (Å²) in [7, 11) is 0. The fraction of sp³-hybridized carbons (Fsp3) is 0.294. The van der Waals surface area contributed by atoms with E-state index in [0.717, 1.165) is 16.7 Å². The van der Waals surface area contributed by atoms with E-state index in [2.05, 4.69) is 20.9 Å². The van der Waals surface area contributed by atoms with Gasteiger partial charge in [-0.2, -0.15) is 0 Å². The zero-order valence-corrected chi connectivity index (χ0v) is 13.8. The summed E-state index contributed by atoms with van der Waals surface area (Å²) < 4.78 is 14.2. The van der Waals surface area contributed by atoms with Crippen molar-refractivity contribution in [3.63, 3.8) is 0 Å². The van der Waals surface area contributed by atoms with Crippen molar-refractivity contribution in [1.29, 1.82) is 0 Å². The smallest absolute Gasteiger partial charge is 0.223 e. The molecule has 0 unspecified atom stereocenters. The maximum atomic E-state index is 13.5. The van der Waals surface area contributed by atoms with Crippen LogP contribution in [-0.2, 0) is 11.3 Å². The zero-order valence-electron chi connectivity index (χ0n) is 12.2. The lowest BCUT2D eigenvalue weighted by molar-refractivity contribution is -0.128. The summed E-state index contributed by atoms with van der Waals surface area (Å²) in [5.41, 5.74) is 3.05. The van der Waals surface area contributed by atoms with Crippen LogP contribution in [0.25, 0.3) is 0 Å². The highest BCUT2D eigenvalue weighted by atomic mass is 79.9. The van der Waals surface area contributed by atoms with Crippen LogP contribution in [0.15, 0.2) is 41.1 Å². The Hall–Kier alpha value is -1.75. The second-order valence-corrected chi connectivity index (χ2v) is 6.60. The summed E-state index contributed by atoms with van der Waals surface area (Å²) in [4.78, 5) is 18.2. The first-order valence-electron chi connectivity index (χ1n) is 7.16. The maximum absolute atomic E-state index is 13.5. The van der Waals surface area contributed by atoms with Crippen LogP contribution in [0.5, 0.6) is 0 Å². The van der Waals surface area contributed by atoms with Crippen molar-refractivity contribution in [2.45, 2.75) is 25.8 Å². The van der Waals surface area contributed by atoms with Gasteiger partial charge in [-0.1, -0.05) is 15.9 Å². The number of pyridine rings is 1. The third-order valence-electron chi connectivity index (χ3n) is 4.07. The largest absolute Gasteiger partial charge is 0.338 e. The minimum Gasteiger partial charge on any atom is -0.338 e. The van der Waals surface area contributed by atoms with Crippen LogP contribution < -0.4 is 0 Å². The number of nitrogens with zero attached hydrogens (tertiary/aromatic N) is 2. The molecule has 1 saturated heterocycles. The Bertz CT molecular complexity index is 699. The lowest BCUT2D eigenvalue weighted by atomic mass is 9.98. The molecule has 2 aromatic rings. The third kappa shape index (κ3) is 3.19. The fourth-order valence-corrected chi connectivity index (χ4v) is 3.33. The lowest BCUT2D eigenvalue weighted by Gasteiger charge is -2.18. The Morgan fingerprint density at radius 2 is 2.23 bits per heavy atom. The van der Waals surface area contributed by atoms with E-state index in [0.29, 0.717) is 24.0 Å². The van der Waals surface area contributed by atoms with Gasteiger partial charge >= 0.3 is 0 Å². The number of rotatable bonds is 3. The van der Waals surface area contributed by atoms with Gasteiger partial charge in [-0.25, -0.2) is 4.39 Å². The Balaban J connectivity index is 1.77. The predicted octanol–water partition coefficient (Wildman–Crippen LogP) is 3.81. The first-order chi connectivity index (χ1) is 10.5. The number of benzene rings is 1. The van der Waals surface area contributed by atoms with E-state index >= 15 is 0 Å². The van der Waals surface area contributed by atoms with Gasteiger partial charge in [0.2, 0.25) is 5.91 Å². The summed E-state index contributed by atoms with van der Waals surface area (Å²) in [6, 6.07) is 6.78. The number of likely N-dealkylation sites (tertiary alicyclic amines) is 1. The second-order valence-electron chi connectivity index (χ2n) is 5.68. The van der Waals surface area contributed by atoms with Crippen molar-refractivity contribution >= 4 is 21.8 Å². The Labute approximate surface area is 137 Å². The highest BCUT2D eigenvalue weighted by Gasteiger charge is 2.31. The molecule has 1 aliphatic heterocycles. The van der Waals surface area contributed by atoms with Crippen molar-refractivity contribution in [3.8, 4) is 0 Å². The number of hydrogen-bond donors (Lipinski definition) is 0. The van der Waals surface area contributed by atoms with E-state index in [9.17, 15) is 9.18 Å². The Morgan fingerprint density at radius 3 is 2.95 bits per heavy atom. The van der Waals surface area contributed by atoms with Gasteiger partial charge in [0.1, 0.15) is 5.82 Å². The van der Waals surface area contributed by atoms with Crippen molar-refractivity contribution in [1.82, 2.24) is 9.88 Å². The minimum atomic E-state index is -0.278. The SMILES string of the molecule is Cc1cnccc1CN1C[C@H](c2cc(F)cc(Br)c2)CC1=O. The van der Waals surface area contributed by atoms with E-state index in [1.807, 2.05) is 24.0 Å². The third-order valence-corrected chi connectivity index (χ3v) is 4.53. The van der Waals surface area contributed by atoms with E-state index in [-0.39, 0.29) is 17.6 Å². The number of halogens is 2. The second kappa shape index (κ2) is 6.16. The van der Waals surface area contributed by atoms with Crippen LogP contribution in [0.3, 0.4) is 0 Å². The van der Waals surface area contributed by atoms with E-state index < -0.39 is 0 Å². The summed E-state index contributed by atoms with van der Waals surface area (Å²) in [5, 5.41) is 0. The van der Waals surface area contributed by atoms with Gasteiger partial charge in [0, 0.05) is 42.3 Å². The molecule has 22 heavy (non-hydrogen) atoms. The van der Waals surface area contributed by atoms with Crippen LogP contribution in [0.2, 0.25) is 0 Å². The van der Waals surface area contributed by atoms with Crippen molar-refractivity contribution in [2.75, 3.05) is 6.54 Å². The monoisotopic (exact) mass is 362 g/mol. The number of aryl methyl sites for hydroxylation is 1. The van der Waals surface area contributed by atoms with E-state index in [1.54, 1.807) is 12.4 Å². The summed E-state index contributed by atoms with van der Waals surface area (Å²) in [6.45, 7) is 3.20. The first-order valence-corrected chi connectivity index (χ1v) is 7.95. The molecule has 5 heteroatoms. The lowest BCUT2D eigenvalue weighted by Crippen LogP contribution is -2.24. The Morgan fingerprint density at radius 1 is 1.41 bits per heavy atom. The number of aromatic nitrogens is 1. The van der Waals surface area contributed by atoms with Gasteiger partial charge in [-0.3, -0.25) is 9.78 Å². The molecule has 1 fully saturated rings. The molecule has 3 rings (SSSR count). The number of amides is 1. The molecule has 0 aliphatic carbocycles. The highest BCUT2D eigenvalue weighted by Crippen LogP contribution is 2.31. The maximum Gasteiger partial charge on any atom is 0.223 e.